The van der Waals surface area contributed by atoms with Crippen LogP contribution < -0.4 is 14.8 Å². The average molecular weight is 415 g/mol. The standard InChI is InChI=1S/C18H20Cl2N2O3S/c1-4-7-22(10-12-5-6-17(20)26-12)11-18(23)21-14-8-13(19)15(24-2)9-16(14)25-3/h4-6,8-9H,1,7,10-11H2,2-3H3,(H,21,23). The van der Waals surface area contributed by atoms with E-state index in [-0.39, 0.29) is 12.5 Å². The predicted octanol–water partition coefficient (Wildman–Crippen LogP) is 4.70. The third-order valence-electron chi connectivity index (χ3n) is 3.51. The van der Waals surface area contributed by atoms with E-state index in [1.165, 1.54) is 25.6 Å². The van der Waals surface area contributed by atoms with Crippen LogP contribution in [0.4, 0.5) is 5.69 Å². The molecule has 8 heteroatoms. The van der Waals surface area contributed by atoms with Crippen LogP contribution in [-0.2, 0) is 11.3 Å². The Balaban J connectivity index is 2.07. The van der Waals surface area contributed by atoms with Crippen molar-refractivity contribution in [2.75, 3.05) is 32.6 Å². The van der Waals surface area contributed by atoms with E-state index in [2.05, 4.69) is 11.9 Å². The van der Waals surface area contributed by atoms with E-state index in [4.69, 9.17) is 32.7 Å². The van der Waals surface area contributed by atoms with Crippen LogP contribution in [0.5, 0.6) is 11.5 Å². The smallest absolute Gasteiger partial charge is 0.238 e. The van der Waals surface area contributed by atoms with Crippen LogP contribution in [0.2, 0.25) is 9.36 Å². The van der Waals surface area contributed by atoms with Gasteiger partial charge in [-0.1, -0.05) is 29.3 Å². The number of nitrogens with zero attached hydrogens (tertiary/aromatic N) is 1. The molecule has 0 atom stereocenters. The highest BCUT2D eigenvalue weighted by atomic mass is 35.5. The Kier molecular flexibility index (Phi) is 7.78. The molecule has 0 unspecified atom stereocenters. The summed E-state index contributed by atoms with van der Waals surface area (Å²) in [5.41, 5.74) is 0.487. The number of thiophene rings is 1. The van der Waals surface area contributed by atoms with Crippen molar-refractivity contribution < 1.29 is 14.3 Å². The lowest BCUT2D eigenvalue weighted by molar-refractivity contribution is -0.117. The first-order chi connectivity index (χ1) is 12.5. The summed E-state index contributed by atoms with van der Waals surface area (Å²) in [6, 6.07) is 7.03. The number of amides is 1. The molecule has 0 saturated heterocycles. The number of nitrogens with one attached hydrogen (secondary N) is 1. The molecule has 0 fully saturated rings. The summed E-state index contributed by atoms with van der Waals surface area (Å²) in [5, 5.41) is 3.22. The zero-order chi connectivity index (χ0) is 19.1. The molecule has 0 aliphatic heterocycles. The Morgan fingerprint density at radius 2 is 2.00 bits per heavy atom. The maximum atomic E-state index is 12.5. The van der Waals surface area contributed by atoms with E-state index in [9.17, 15) is 4.79 Å². The largest absolute Gasteiger partial charge is 0.495 e. The predicted molar refractivity (Wildman–Crippen MR) is 108 cm³/mol. The normalized spacial score (nSPS) is 10.7. The van der Waals surface area contributed by atoms with Gasteiger partial charge in [0.25, 0.3) is 0 Å². The summed E-state index contributed by atoms with van der Waals surface area (Å²) >= 11 is 13.6. The fraction of sp³-hybridized carbons (Fsp3) is 0.278. The molecule has 0 aliphatic rings. The number of halogens is 2. The fourth-order valence-corrected chi connectivity index (χ4v) is 3.75. The number of hydrogen-bond donors (Lipinski definition) is 1. The van der Waals surface area contributed by atoms with E-state index >= 15 is 0 Å². The summed E-state index contributed by atoms with van der Waals surface area (Å²) in [6.45, 7) is 5.12. The van der Waals surface area contributed by atoms with Gasteiger partial charge in [-0.2, -0.15) is 0 Å². The molecule has 26 heavy (non-hydrogen) atoms. The second kappa shape index (κ2) is 9.83. The van der Waals surface area contributed by atoms with Gasteiger partial charge in [-0.3, -0.25) is 9.69 Å². The van der Waals surface area contributed by atoms with Gasteiger partial charge in [0.1, 0.15) is 11.5 Å². The van der Waals surface area contributed by atoms with Crippen molar-refractivity contribution in [1.82, 2.24) is 4.90 Å². The second-order valence-electron chi connectivity index (χ2n) is 5.40. The number of anilines is 1. The first kappa shape index (κ1) is 20.6. The van der Waals surface area contributed by atoms with Crippen molar-refractivity contribution in [3.63, 3.8) is 0 Å². The number of methoxy groups -OCH3 is 2. The topological polar surface area (TPSA) is 50.8 Å². The molecule has 5 nitrogen and oxygen atoms in total. The van der Waals surface area contributed by atoms with Gasteiger partial charge in [0.05, 0.1) is 35.8 Å². The number of benzene rings is 1. The van der Waals surface area contributed by atoms with E-state index in [0.29, 0.717) is 35.3 Å². The number of carbonyl (C=O) groups is 1. The van der Waals surface area contributed by atoms with Crippen LogP contribution in [0.3, 0.4) is 0 Å². The van der Waals surface area contributed by atoms with Gasteiger partial charge in [0.2, 0.25) is 5.91 Å². The van der Waals surface area contributed by atoms with Crippen LogP contribution in [-0.4, -0.2) is 38.1 Å². The van der Waals surface area contributed by atoms with Gasteiger partial charge in [-0.15, -0.1) is 17.9 Å². The Morgan fingerprint density at radius 3 is 2.58 bits per heavy atom. The van der Waals surface area contributed by atoms with E-state index in [1.54, 1.807) is 18.2 Å². The molecule has 1 amide bonds. The van der Waals surface area contributed by atoms with Crippen LogP contribution in [0.15, 0.2) is 36.9 Å². The molecule has 1 heterocycles. The minimum Gasteiger partial charge on any atom is -0.495 e. The molecule has 1 aromatic carbocycles. The fourth-order valence-electron chi connectivity index (χ4n) is 2.38. The van der Waals surface area contributed by atoms with Crippen molar-refractivity contribution in [1.29, 1.82) is 0 Å². The summed E-state index contributed by atoms with van der Waals surface area (Å²) in [4.78, 5) is 15.5. The van der Waals surface area contributed by atoms with Gasteiger partial charge < -0.3 is 14.8 Å². The third-order valence-corrected chi connectivity index (χ3v) is 5.02. The van der Waals surface area contributed by atoms with Crippen LogP contribution in [0.25, 0.3) is 0 Å². The maximum Gasteiger partial charge on any atom is 0.238 e. The first-order valence-electron chi connectivity index (χ1n) is 7.75. The molecule has 0 bridgehead atoms. The van der Waals surface area contributed by atoms with Crippen LogP contribution in [0, 0.1) is 0 Å². The minimum absolute atomic E-state index is 0.186. The monoisotopic (exact) mass is 414 g/mol. The van der Waals surface area contributed by atoms with Crippen molar-refractivity contribution in [3.8, 4) is 11.5 Å². The van der Waals surface area contributed by atoms with Crippen molar-refractivity contribution in [2.45, 2.75) is 6.54 Å². The molecular weight excluding hydrogens is 395 g/mol. The van der Waals surface area contributed by atoms with Gasteiger partial charge in [0, 0.05) is 24.0 Å². The van der Waals surface area contributed by atoms with Gasteiger partial charge >= 0.3 is 0 Å². The van der Waals surface area contributed by atoms with Gasteiger partial charge in [0.15, 0.2) is 0 Å². The third kappa shape index (κ3) is 5.64. The molecule has 0 spiro atoms. The summed E-state index contributed by atoms with van der Waals surface area (Å²) in [6.07, 6.45) is 1.76. The molecule has 0 radical (unpaired) electrons. The summed E-state index contributed by atoms with van der Waals surface area (Å²) < 4.78 is 11.2. The SMILES string of the molecule is C=CCN(CC(=O)Nc1cc(Cl)c(OC)cc1OC)Cc1ccc(Cl)s1. The molecule has 1 N–H and O–H groups in total. The first-order valence-corrected chi connectivity index (χ1v) is 9.33. The quantitative estimate of drug-likeness (QED) is 0.604. The second-order valence-corrected chi connectivity index (χ2v) is 7.61. The number of rotatable bonds is 9. The molecule has 0 aliphatic carbocycles. The zero-order valence-electron chi connectivity index (χ0n) is 14.6. The van der Waals surface area contributed by atoms with E-state index in [1.807, 2.05) is 17.0 Å². The molecule has 2 rings (SSSR count). The Bertz CT molecular complexity index is 780. The van der Waals surface area contributed by atoms with Gasteiger partial charge in [-0.25, -0.2) is 0 Å². The molecule has 140 valence electrons. The summed E-state index contributed by atoms with van der Waals surface area (Å²) in [5.74, 6) is 0.762. The van der Waals surface area contributed by atoms with E-state index in [0.717, 1.165) is 9.21 Å². The highest BCUT2D eigenvalue weighted by molar-refractivity contribution is 7.16. The van der Waals surface area contributed by atoms with Crippen molar-refractivity contribution in [3.05, 3.63) is 51.2 Å². The maximum absolute atomic E-state index is 12.5. The molecule has 2 aromatic rings. The van der Waals surface area contributed by atoms with Crippen LogP contribution in [0.1, 0.15) is 4.88 Å². The lowest BCUT2D eigenvalue weighted by atomic mass is 10.2. The number of carbonyl (C=O) groups excluding carboxylic acids is 1. The number of ether oxygens (including phenoxy) is 2. The highest BCUT2D eigenvalue weighted by Crippen LogP contribution is 2.35. The van der Waals surface area contributed by atoms with Crippen molar-refractivity contribution in [2.24, 2.45) is 0 Å². The summed E-state index contributed by atoms with van der Waals surface area (Å²) in [7, 11) is 3.03. The lowest BCUT2D eigenvalue weighted by Crippen LogP contribution is -2.32. The molecular formula is C18H20Cl2N2O3S. The van der Waals surface area contributed by atoms with E-state index < -0.39 is 0 Å². The van der Waals surface area contributed by atoms with Gasteiger partial charge in [-0.05, 0) is 18.2 Å². The van der Waals surface area contributed by atoms with Crippen molar-refractivity contribution >= 4 is 46.1 Å². The Morgan fingerprint density at radius 1 is 1.27 bits per heavy atom. The Hall–Kier alpha value is -1.73. The average Bonchev–Trinajstić information content (AvgIpc) is 3.00. The lowest BCUT2D eigenvalue weighted by Gasteiger charge is -2.20. The van der Waals surface area contributed by atoms with Crippen LogP contribution >= 0.6 is 34.5 Å². The highest BCUT2D eigenvalue weighted by Gasteiger charge is 2.15. The number of hydrogen-bond acceptors (Lipinski definition) is 5. The molecule has 1 aromatic heterocycles. The minimum atomic E-state index is -0.186. The zero-order valence-corrected chi connectivity index (χ0v) is 16.9. The molecule has 0 saturated carbocycles. The Labute approximate surface area is 167 Å².